The van der Waals surface area contributed by atoms with Crippen molar-refractivity contribution < 1.29 is 14.6 Å². The average molecular weight is 323 g/mol. The van der Waals surface area contributed by atoms with E-state index in [1.54, 1.807) is 12.1 Å². The lowest BCUT2D eigenvalue weighted by atomic mass is 9.99. The van der Waals surface area contributed by atoms with Gasteiger partial charge in [0, 0.05) is 18.5 Å². The van der Waals surface area contributed by atoms with Crippen LogP contribution in [0.2, 0.25) is 0 Å². The lowest BCUT2D eigenvalue weighted by Crippen LogP contribution is -2.27. The average Bonchev–Trinajstić information content (AvgIpc) is 2.95. The number of aromatic hydroxyl groups is 1. The van der Waals surface area contributed by atoms with Gasteiger partial charge in [0.2, 0.25) is 5.91 Å². The van der Waals surface area contributed by atoms with Crippen LogP contribution in [0.15, 0.2) is 60.4 Å². The van der Waals surface area contributed by atoms with Crippen molar-refractivity contribution in [3.8, 4) is 5.75 Å². The lowest BCUT2D eigenvalue weighted by Gasteiger charge is -2.12. The van der Waals surface area contributed by atoms with Gasteiger partial charge in [-0.15, -0.1) is 0 Å². The highest BCUT2D eigenvalue weighted by Gasteiger charge is 2.26. The summed E-state index contributed by atoms with van der Waals surface area (Å²) in [4.78, 5) is 12.1. The molecule has 0 saturated carbocycles. The minimum Gasteiger partial charge on any atom is -0.508 e. The first-order chi connectivity index (χ1) is 11.6. The molecule has 1 unspecified atom stereocenters. The number of amides is 1. The summed E-state index contributed by atoms with van der Waals surface area (Å²) < 4.78 is 5.84. The first-order valence-corrected chi connectivity index (χ1v) is 8.08. The van der Waals surface area contributed by atoms with Crippen LogP contribution in [0.4, 0.5) is 0 Å². The highest BCUT2D eigenvalue weighted by molar-refractivity contribution is 5.78. The molecule has 24 heavy (non-hydrogen) atoms. The minimum absolute atomic E-state index is 0.0105. The third-order valence-corrected chi connectivity index (χ3v) is 4.16. The minimum atomic E-state index is -0.135. The van der Waals surface area contributed by atoms with E-state index in [2.05, 4.69) is 5.32 Å². The molecule has 1 atom stereocenters. The molecule has 1 aliphatic rings. The number of rotatable bonds is 5. The first-order valence-electron chi connectivity index (χ1n) is 8.08. The fraction of sp³-hybridized carbons (Fsp3) is 0.250. The number of carbonyl (C=O) groups excluding carboxylic acids is 1. The molecule has 124 valence electrons. The van der Waals surface area contributed by atoms with Gasteiger partial charge < -0.3 is 15.2 Å². The van der Waals surface area contributed by atoms with Gasteiger partial charge in [-0.05, 0) is 30.2 Å². The van der Waals surface area contributed by atoms with E-state index in [0.717, 1.165) is 22.5 Å². The number of allylic oxidation sites excluding steroid dienone is 1. The van der Waals surface area contributed by atoms with Gasteiger partial charge >= 0.3 is 0 Å². The van der Waals surface area contributed by atoms with Gasteiger partial charge in [0.15, 0.2) is 0 Å². The van der Waals surface area contributed by atoms with E-state index in [9.17, 15) is 9.90 Å². The smallest absolute Gasteiger partial charge is 0.224 e. The van der Waals surface area contributed by atoms with E-state index in [4.69, 9.17) is 4.74 Å². The van der Waals surface area contributed by atoms with Gasteiger partial charge in [-0.2, -0.15) is 0 Å². The molecule has 0 saturated heterocycles. The van der Waals surface area contributed by atoms with Crippen LogP contribution >= 0.6 is 0 Å². The fourth-order valence-corrected chi connectivity index (χ4v) is 2.91. The summed E-state index contributed by atoms with van der Waals surface area (Å²) in [5.74, 6) is 1.08. The van der Waals surface area contributed by atoms with E-state index >= 15 is 0 Å². The number of carbonyl (C=O) groups is 1. The second kappa shape index (κ2) is 7.21. The Labute approximate surface area is 141 Å². The van der Waals surface area contributed by atoms with Crippen LogP contribution in [-0.2, 0) is 16.1 Å². The van der Waals surface area contributed by atoms with Crippen LogP contribution < -0.4 is 5.32 Å². The molecule has 0 spiro atoms. The Balaban J connectivity index is 1.53. The van der Waals surface area contributed by atoms with Gasteiger partial charge in [0.05, 0.1) is 12.2 Å². The van der Waals surface area contributed by atoms with Crippen molar-refractivity contribution >= 4 is 11.5 Å². The molecule has 2 N–H and O–H groups in total. The zero-order valence-corrected chi connectivity index (χ0v) is 13.7. The predicted octanol–water partition coefficient (Wildman–Crippen LogP) is 3.62. The first kappa shape index (κ1) is 16.1. The topological polar surface area (TPSA) is 58.6 Å². The van der Waals surface area contributed by atoms with Crippen LogP contribution in [0, 0.1) is 0 Å². The van der Waals surface area contributed by atoms with Crippen molar-refractivity contribution in [2.45, 2.75) is 32.4 Å². The van der Waals surface area contributed by atoms with E-state index in [0.29, 0.717) is 19.4 Å². The SMILES string of the molecule is CC1=C(c2ccc(O)cc2)CC(CC(=O)NCc2ccccc2)O1. The highest BCUT2D eigenvalue weighted by atomic mass is 16.5. The van der Waals surface area contributed by atoms with Crippen LogP contribution in [0.3, 0.4) is 0 Å². The molecule has 2 aromatic carbocycles. The maximum absolute atomic E-state index is 12.1. The van der Waals surface area contributed by atoms with Crippen LogP contribution in [0.5, 0.6) is 5.75 Å². The van der Waals surface area contributed by atoms with Crippen molar-refractivity contribution in [1.29, 1.82) is 0 Å². The molecule has 0 bridgehead atoms. The fourth-order valence-electron chi connectivity index (χ4n) is 2.91. The third-order valence-electron chi connectivity index (χ3n) is 4.16. The molecule has 1 aliphatic heterocycles. The Bertz CT molecular complexity index is 735. The molecule has 4 nitrogen and oxygen atoms in total. The Morgan fingerprint density at radius 1 is 1.17 bits per heavy atom. The Morgan fingerprint density at radius 3 is 2.58 bits per heavy atom. The Kier molecular flexibility index (Phi) is 4.85. The summed E-state index contributed by atoms with van der Waals surface area (Å²) in [6.07, 6.45) is 0.908. The molecule has 0 aromatic heterocycles. The Hall–Kier alpha value is -2.75. The monoisotopic (exact) mass is 323 g/mol. The zero-order chi connectivity index (χ0) is 16.9. The summed E-state index contributed by atoms with van der Waals surface area (Å²) >= 11 is 0. The van der Waals surface area contributed by atoms with E-state index in [1.165, 1.54) is 0 Å². The number of ether oxygens (including phenoxy) is 1. The predicted molar refractivity (Wildman–Crippen MR) is 93.1 cm³/mol. The maximum atomic E-state index is 12.1. The third kappa shape index (κ3) is 3.96. The van der Waals surface area contributed by atoms with E-state index in [1.807, 2.05) is 49.4 Å². The van der Waals surface area contributed by atoms with Gasteiger partial charge in [-0.3, -0.25) is 4.79 Å². The van der Waals surface area contributed by atoms with Crippen LogP contribution in [0.25, 0.3) is 5.57 Å². The van der Waals surface area contributed by atoms with Crippen LogP contribution in [-0.4, -0.2) is 17.1 Å². The standard InChI is InChI=1S/C20H21NO3/c1-14-19(16-7-9-17(22)10-8-16)11-18(24-14)12-20(23)21-13-15-5-3-2-4-6-15/h2-10,18,22H,11-13H2,1H3,(H,21,23). The molecule has 0 aliphatic carbocycles. The summed E-state index contributed by atoms with van der Waals surface area (Å²) in [7, 11) is 0. The normalized spacial score (nSPS) is 16.8. The molecule has 2 aromatic rings. The van der Waals surface area contributed by atoms with Gasteiger partial charge in [-0.1, -0.05) is 42.5 Å². The second-order valence-corrected chi connectivity index (χ2v) is 5.99. The number of phenolic OH excluding ortho intramolecular Hbond substituents is 1. The molecular formula is C20H21NO3. The van der Waals surface area contributed by atoms with E-state index in [-0.39, 0.29) is 17.8 Å². The molecule has 3 rings (SSSR count). The summed E-state index contributed by atoms with van der Waals surface area (Å²) in [6, 6.07) is 16.9. The van der Waals surface area contributed by atoms with Crippen molar-refractivity contribution in [2.24, 2.45) is 0 Å². The van der Waals surface area contributed by atoms with Crippen LogP contribution in [0.1, 0.15) is 30.9 Å². The lowest BCUT2D eigenvalue weighted by molar-refractivity contribution is -0.123. The highest BCUT2D eigenvalue weighted by Crippen LogP contribution is 2.34. The zero-order valence-electron chi connectivity index (χ0n) is 13.7. The largest absolute Gasteiger partial charge is 0.508 e. The maximum Gasteiger partial charge on any atom is 0.224 e. The molecule has 1 amide bonds. The van der Waals surface area contributed by atoms with E-state index < -0.39 is 0 Å². The quantitative estimate of drug-likeness (QED) is 0.883. The van der Waals surface area contributed by atoms with Crippen molar-refractivity contribution in [3.05, 3.63) is 71.5 Å². The Morgan fingerprint density at radius 2 is 1.88 bits per heavy atom. The van der Waals surface area contributed by atoms with Gasteiger partial charge in [0.1, 0.15) is 11.9 Å². The number of phenols is 1. The number of hydrogen-bond donors (Lipinski definition) is 2. The summed E-state index contributed by atoms with van der Waals surface area (Å²) in [5, 5.41) is 12.3. The van der Waals surface area contributed by atoms with Crippen molar-refractivity contribution in [2.75, 3.05) is 0 Å². The summed E-state index contributed by atoms with van der Waals surface area (Å²) in [5.41, 5.74) is 3.20. The molecule has 0 fully saturated rings. The molecule has 0 radical (unpaired) electrons. The van der Waals surface area contributed by atoms with Crippen molar-refractivity contribution in [3.63, 3.8) is 0 Å². The molecule has 4 heteroatoms. The second-order valence-electron chi connectivity index (χ2n) is 5.99. The number of benzene rings is 2. The van der Waals surface area contributed by atoms with Gasteiger partial charge in [0.25, 0.3) is 0 Å². The van der Waals surface area contributed by atoms with Crippen molar-refractivity contribution in [1.82, 2.24) is 5.32 Å². The summed E-state index contributed by atoms with van der Waals surface area (Å²) in [6.45, 7) is 2.45. The molecular weight excluding hydrogens is 302 g/mol. The number of hydrogen-bond acceptors (Lipinski definition) is 3. The number of nitrogens with one attached hydrogen (secondary N) is 1. The molecule has 1 heterocycles. The van der Waals surface area contributed by atoms with Gasteiger partial charge in [-0.25, -0.2) is 0 Å².